The van der Waals surface area contributed by atoms with E-state index in [0.29, 0.717) is 6.61 Å². The second-order valence-corrected chi connectivity index (χ2v) is 7.82. The third-order valence-corrected chi connectivity index (χ3v) is 5.44. The number of nitrogens with one attached hydrogen (secondary N) is 1. The molecule has 0 spiro atoms. The van der Waals surface area contributed by atoms with Crippen molar-refractivity contribution in [2.45, 2.75) is 45.4 Å². The number of benzene rings is 2. The third kappa shape index (κ3) is 7.64. The first-order chi connectivity index (χ1) is 14.6. The standard InChI is InChI=1S/C25H27NOS.C2H6/c1-4-17-27-25-18-22(8-7-20(25)3)10-9-21-11-13-23(14-12-21)26-28-24-15-5-19(2)6-16-24;1-2/h4-6,9-16,18,26H,1,7-8,17H2,2-3H3;1-2H3/b10-9+;. The van der Waals surface area contributed by atoms with Gasteiger partial charge in [-0.1, -0.05) is 68.5 Å². The molecule has 0 saturated carbocycles. The smallest absolute Gasteiger partial charge is 0.118 e. The molecule has 3 heteroatoms. The molecule has 3 rings (SSSR count). The number of anilines is 1. The molecule has 1 N–H and O–H groups in total. The summed E-state index contributed by atoms with van der Waals surface area (Å²) in [5.74, 6) is 0.985. The van der Waals surface area contributed by atoms with Gasteiger partial charge in [-0.25, -0.2) is 0 Å². The Bertz CT molecular complexity index is 889. The lowest BCUT2D eigenvalue weighted by atomic mass is 9.97. The average Bonchev–Trinajstić information content (AvgIpc) is 2.79. The molecule has 2 nitrogen and oxygen atoms in total. The second-order valence-electron chi connectivity index (χ2n) is 6.94. The fourth-order valence-corrected chi connectivity index (χ4v) is 3.50. The van der Waals surface area contributed by atoms with E-state index in [0.717, 1.165) is 24.3 Å². The van der Waals surface area contributed by atoms with Crippen LogP contribution in [0.1, 0.15) is 44.7 Å². The van der Waals surface area contributed by atoms with Gasteiger partial charge < -0.3 is 9.46 Å². The Morgan fingerprint density at radius 3 is 2.33 bits per heavy atom. The minimum atomic E-state index is 0.551. The maximum absolute atomic E-state index is 5.75. The summed E-state index contributed by atoms with van der Waals surface area (Å²) >= 11 is 1.63. The molecule has 0 atom stereocenters. The lowest BCUT2D eigenvalue weighted by Crippen LogP contribution is -2.00. The largest absolute Gasteiger partial charge is 0.490 e. The van der Waals surface area contributed by atoms with Gasteiger partial charge in [0.05, 0.1) is 0 Å². The van der Waals surface area contributed by atoms with Gasteiger partial charge in [-0.3, -0.25) is 0 Å². The highest BCUT2D eigenvalue weighted by Gasteiger charge is 2.09. The molecule has 0 aliphatic heterocycles. The zero-order valence-electron chi connectivity index (χ0n) is 18.6. The van der Waals surface area contributed by atoms with E-state index in [2.05, 4.69) is 91.9 Å². The molecule has 0 heterocycles. The quantitative estimate of drug-likeness (QED) is 0.343. The minimum absolute atomic E-state index is 0.551. The van der Waals surface area contributed by atoms with E-state index in [1.165, 1.54) is 27.2 Å². The van der Waals surface area contributed by atoms with E-state index in [-0.39, 0.29) is 0 Å². The van der Waals surface area contributed by atoms with Gasteiger partial charge >= 0.3 is 0 Å². The monoisotopic (exact) mass is 419 g/mol. The molecule has 2 aromatic rings. The zero-order valence-corrected chi connectivity index (χ0v) is 19.4. The lowest BCUT2D eigenvalue weighted by molar-refractivity contribution is 0.255. The molecule has 0 radical (unpaired) electrons. The summed E-state index contributed by atoms with van der Waals surface area (Å²) in [6.07, 6.45) is 10.4. The fourth-order valence-electron chi connectivity index (χ4n) is 2.85. The Balaban J connectivity index is 0.00000155. The van der Waals surface area contributed by atoms with Crippen LogP contribution in [0.4, 0.5) is 5.69 Å². The molecule has 0 amide bonds. The van der Waals surface area contributed by atoms with Crippen LogP contribution in [0.5, 0.6) is 0 Å². The maximum atomic E-state index is 5.75. The van der Waals surface area contributed by atoms with Crippen molar-refractivity contribution in [3.05, 3.63) is 101 Å². The Morgan fingerprint density at radius 1 is 0.967 bits per heavy atom. The van der Waals surface area contributed by atoms with Gasteiger partial charge in [0.25, 0.3) is 0 Å². The van der Waals surface area contributed by atoms with E-state index < -0.39 is 0 Å². The summed E-state index contributed by atoms with van der Waals surface area (Å²) < 4.78 is 9.15. The highest BCUT2D eigenvalue weighted by Crippen LogP contribution is 2.26. The summed E-state index contributed by atoms with van der Waals surface area (Å²) in [7, 11) is 0. The Hall–Kier alpha value is -2.65. The number of hydrogen-bond donors (Lipinski definition) is 1. The van der Waals surface area contributed by atoms with Crippen molar-refractivity contribution >= 4 is 23.7 Å². The van der Waals surface area contributed by atoms with E-state index in [1.54, 1.807) is 18.0 Å². The van der Waals surface area contributed by atoms with Crippen LogP contribution in [-0.4, -0.2) is 6.61 Å². The van der Waals surface area contributed by atoms with Gasteiger partial charge in [0.2, 0.25) is 0 Å². The van der Waals surface area contributed by atoms with E-state index in [4.69, 9.17) is 4.74 Å². The van der Waals surface area contributed by atoms with Crippen LogP contribution in [0.3, 0.4) is 0 Å². The number of allylic oxidation sites excluding steroid dienone is 4. The van der Waals surface area contributed by atoms with Crippen LogP contribution < -0.4 is 4.72 Å². The van der Waals surface area contributed by atoms with E-state index in [1.807, 2.05) is 13.8 Å². The van der Waals surface area contributed by atoms with Crippen molar-refractivity contribution in [2.24, 2.45) is 0 Å². The number of rotatable bonds is 8. The van der Waals surface area contributed by atoms with Crippen LogP contribution in [-0.2, 0) is 4.74 Å². The first kappa shape index (κ1) is 23.6. The third-order valence-electron chi connectivity index (χ3n) is 4.59. The summed E-state index contributed by atoms with van der Waals surface area (Å²) in [5.41, 5.74) is 6.16. The van der Waals surface area contributed by atoms with Crippen LogP contribution in [0, 0.1) is 6.92 Å². The van der Waals surface area contributed by atoms with Crippen molar-refractivity contribution in [1.82, 2.24) is 0 Å². The van der Waals surface area contributed by atoms with Gasteiger partial charge in [0.15, 0.2) is 0 Å². The molecule has 0 saturated heterocycles. The molecular formula is C27H33NOS. The highest BCUT2D eigenvalue weighted by molar-refractivity contribution is 8.00. The maximum Gasteiger partial charge on any atom is 0.118 e. The van der Waals surface area contributed by atoms with Gasteiger partial charge in [-0.05, 0) is 85.7 Å². The van der Waals surface area contributed by atoms with Crippen molar-refractivity contribution < 1.29 is 4.74 Å². The summed E-state index contributed by atoms with van der Waals surface area (Å²) in [4.78, 5) is 1.21. The van der Waals surface area contributed by atoms with Crippen molar-refractivity contribution in [3.8, 4) is 0 Å². The van der Waals surface area contributed by atoms with Gasteiger partial charge in [-0.2, -0.15) is 0 Å². The molecule has 0 bridgehead atoms. The van der Waals surface area contributed by atoms with Gasteiger partial charge in [0, 0.05) is 10.6 Å². The van der Waals surface area contributed by atoms with E-state index in [9.17, 15) is 0 Å². The normalized spacial score (nSPS) is 13.4. The summed E-state index contributed by atoms with van der Waals surface area (Å²) in [6.45, 7) is 12.5. The molecule has 0 fully saturated rings. The SMILES string of the molecule is C=CCOC1=C(C)CCC(/C=C/c2ccc(NSc3ccc(C)cc3)cc2)=C1.CC. The van der Waals surface area contributed by atoms with Crippen LogP contribution in [0.15, 0.2) is 95.1 Å². The highest BCUT2D eigenvalue weighted by atomic mass is 32.2. The summed E-state index contributed by atoms with van der Waals surface area (Å²) in [5, 5.41) is 0. The van der Waals surface area contributed by atoms with Gasteiger partial charge in [-0.15, -0.1) is 0 Å². The molecule has 1 aliphatic rings. The Labute approximate surface area is 186 Å². The molecule has 1 aliphatic carbocycles. The first-order valence-corrected chi connectivity index (χ1v) is 11.4. The topological polar surface area (TPSA) is 21.3 Å². The zero-order chi connectivity index (χ0) is 21.8. The molecule has 0 unspecified atom stereocenters. The Kier molecular flexibility index (Phi) is 10.1. The average molecular weight is 420 g/mol. The number of hydrogen-bond acceptors (Lipinski definition) is 3. The van der Waals surface area contributed by atoms with Crippen molar-refractivity contribution in [3.63, 3.8) is 0 Å². The number of aryl methyl sites for hydroxylation is 1. The predicted octanol–water partition coefficient (Wildman–Crippen LogP) is 8.35. The van der Waals surface area contributed by atoms with Crippen molar-refractivity contribution in [1.29, 1.82) is 0 Å². The Morgan fingerprint density at radius 2 is 1.67 bits per heavy atom. The fraction of sp³-hybridized carbons (Fsp3) is 0.259. The molecular weight excluding hydrogens is 386 g/mol. The number of ether oxygens (including phenoxy) is 1. The lowest BCUT2D eigenvalue weighted by Gasteiger charge is -2.16. The minimum Gasteiger partial charge on any atom is -0.490 e. The van der Waals surface area contributed by atoms with Crippen molar-refractivity contribution in [2.75, 3.05) is 11.3 Å². The molecule has 30 heavy (non-hydrogen) atoms. The van der Waals surface area contributed by atoms with E-state index >= 15 is 0 Å². The molecule has 0 aromatic heterocycles. The van der Waals surface area contributed by atoms with Crippen LogP contribution in [0.2, 0.25) is 0 Å². The molecule has 2 aromatic carbocycles. The summed E-state index contributed by atoms with van der Waals surface area (Å²) in [6, 6.07) is 17.0. The predicted molar refractivity (Wildman–Crippen MR) is 134 cm³/mol. The van der Waals surface area contributed by atoms with Gasteiger partial charge in [0.1, 0.15) is 12.4 Å². The second kappa shape index (κ2) is 12.8. The molecule has 158 valence electrons. The van der Waals surface area contributed by atoms with Crippen LogP contribution in [0.25, 0.3) is 6.08 Å². The first-order valence-electron chi connectivity index (χ1n) is 10.6. The van der Waals surface area contributed by atoms with Crippen LogP contribution >= 0.6 is 11.9 Å².